The largest absolute Gasteiger partial charge is 0.481 e. The predicted octanol–water partition coefficient (Wildman–Crippen LogP) is 3.02. The second kappa shape index (κ2) is 6.71. The zero-order valence-electron chi connectivity index (χ0n) is 11.8. The van der Waals surface area contributed by atoms with E-state index in [0.29, 0.717) is 17.9 Å². The monoisotopic (exact) mass is 283 g/mol. The van der Waals surface area contributed by atoms with Crippen LogP contribution in [0.15, 0.2) is 30.3 Å². The number of hydrogen-bond donors (Lipinski definition) is 2. The van der Waals surface area contributed by atoms with Crippen molar-refractivity contribution in [3.63, 3.8) is 0 Å². The normalized spacial score (nSPS) is 11.8. The van der Waals surface area contributed by atoms with Crippen molar-refractivity contribution in [3.05, 3.63) is 35.9 Å². The Kier molecular flexibility index (Phi) is 4.72. The fraction of sp³-hybridized carbons (Fsp3) is 0.312. The quantitative estimate of drug-likeness (QED) is 0.851. The smallest absolute Gasteiger partial charge is 0.303 e. The summed E-state index contributed by atoms with van der Waals surface area (Å²) < 4.78 is 0. The molecule has 2 aromatic rings. The van der Waals surface area contributed by atoms with E-state index in [-0.39, 0.29) is 12.3 Å². The molecule has 1 aromatic heterocycles. The summed E-state index contributed by atoms with van der Waals surface area (Å²) in [5.41, 5.74) is 1.28. The summed E-state index contributed by atoms with van der Waals surface area (Å²) in [5.74, 6) is -0.280. The number of carboxylic acid groups (broad SMARTS) is 1. The number of carbonyl (C=O) groups is 1. The van der Waals surface area contributed by atoms with Crippen LogP contribution in [0.5, 0.6) is 0 Å². The van der Waals surface area contributed by atoms with E-state index in [1.165, 1.54) is 0 Å². The van der Waals surface area contributed by atoms with Crippen LogP contribution in [-0.2, 0) is 4.79 Å². The number of fused-ring (bicyclic) bond motifs is 1. The van der Waals surface area contributed by atoms with Gasteiger partial charge in [0.25, 0.3) is 0 Å². The van der Waals surface area contributed by atoms with Gasteiger partial charge in [-0.25, -0.2) is 4.98 Å². The Morgan fingerprint density at radius 1 is 1.48 bits per heavy atom. The number of hydrogen-bond acceptors (Lipinski definition) is 4. The van der Waals surface area contributed by atoms with Crippen LogP contribution in [0.1, 0.15) is 25.3 Å². The van der Waals surface area contributed by atoms with Crippen LogP contribution < -0.4 is 5.32 Å². The fourth-order valence-electron chi connectivity index (χ4n) is 2.18. The molecule has 108 valence electrons. The highest BCUT2D eigenvalue weighted by Crippen LogP contribution is 2.20. The minimum Gasteiger partial charge on any atom is -0.481 e. The number of nitrogens with one attached hydrogen (secondary N) is 1. The molecule has 1 heterocycles. The SMILES string of the molecule is CCC(CNc1nc2ccccc2cc1C#N)CC(=O)O. The standard InChI is InChI=1S/C16H17N3O2/c1-2-11(7-15(20)21)10-18-16-13(9-17)8-12-5-3-4-6-14(12)19-16/h3-6,8,11H,2,7,10H2,1H3,(H,18,19)(H,20,21). The third-order valence-electron chi connectivity index (χ3n) is 3.44. The van der Waals surface area contributed by atoms with Gasteiger partial charge in [-0.15, -0.1) is 0 Å². The van der Waals surface area contributed by atoms with Crippen LogP contribution in [0.4, 0.5) is 5.82 Å². The topological polar surface area (TPSA) is 86.0 Å². The summed E-state index contributed by atoms with van der Waals surface area (Å²) in [6.07, 6.45) is 0.869. The Bertz CT molecular complexity index is 691. The van der Waals surface area contributed by atoms with E-state index in [2.05, 4.69) is 16.4 Å². The Morgan fingerprint density at radius 2 is 2.24 bits per heavy atom. The zero-order valence-corrected chi connectivity index (χ0v) is 11.8. The number of aromatic nitrogens is 1. The third-order valence-corrected chi connectivity index (χ3v) is 3.44. The molecule has 1 aromatic carbocycles. The molecule has 0 aliphatic heterocycles. The van der Waals surface area contributed by atoms with Gasteiger partial charge in [-0.3, -0.25) is 4.79 Å². The van der Waals surface area contributed by atoms with Crippen LogP contribution in [0.3, 0.4) is 0 Å². The first kappa shape index (κ1) is 14.8. The Labute approximate surface area is 123 Å². The summed E-state index contributed by atoms with van der Waals surface area (Å²) in [6, 6.07) is 11.5. The van der Waals surface area contributed by atoms with Crippen LogP contribution in [0.2, 0.25) is 0 Å². The van der Waals surface area contributed by atoms with Gasteiger partial charge in [-0.1, -0.05) is 31.5 Å². The van der Waals surface area contributed by atoms with Gasteiger partial charge in [0.05, 0.1) is 11.1 Å². The van der Waals surface area contributed by atoms with Crippen molar-refractivity contribution in [2.75, 3.05) is 11.9 Å². The molecule has 0 aliphatic rings. The number of benzene rings is 1. The number of pyridine rings is 1. The minimum absolute atomic E-state index is 0.0160. The number of anilines is 1. The molecule has 2 N–H and O–H groups in total. The van der Waals surface area contributed by atoms with E-state index in [0.717, 1.165) is 17.3 Å². The molecule has 0 saturated carbocycles. The van der Waals surface area contributed by atoms with Crippen LogP contribution >= 0.6 is 0 Å². The Balaban J connectivity index is 2.21. The van der Waals surface area contributed by atoms with Gasteiger partial charge in [-0.2, -0.15) is 5.26 Å². The van der Waals surface area contributed by atoms with Gasteiger partial charge in [0.2, 0.25) is 0 Å². The molecule has 21 heavy (non-hydrogen) atoms. The van der Waals surface area contributed by atoms with Crippen LogP contribution in [0.25, 0.3) is 10.9 Å². The number of nitriles is 1. The van der Waals surface area contributed by atoms with Gasteiger partial charge in [-0.05, 0) is 18.1 Å². The molecule has 0 radical (unpaired) electrons. The summed E-state index contributed by atoms with van der Waals surface area (Å²) in [7, 11) is 0. The van der Waals surface area contributed by atoms with Gasteiger partial charge in [0, 0.05) is 18.4 Å². The molecule has 0 spiro atoms. The molecule has 5 heteroatoms. The number of nitrogens with zero attached hydrogens (tertiary/aromatic N) is 2. The van der Waals surface area contributed by atoms with Gasteiger partial charge in [0.15, 0.2) is 0 Å². The molecule has 2 rings (SSSR count). The van der Waals surface area contributed by atoms with Crippen molar-refractivity contribution in [2.24, 2.45) is 5.92 Å². The number of rotatable bonds is 6. The van der Waals surface area contributed by atoms with Crippen molar-refractivity contribution in [2.45, 2.75) is 19.8 Å². The highest BCUT2D eigenvalue weighted by atomic mass is 16.4. The Hall–Kier alpha value is -2.61. The lowest BCUT2D eigenvalue weighted by Crippen LogP contribution is -2.18. The molecule has 0 saturated heterocycles. The Morgan fingerprint density at radius 3 is 2.90 bits per heavy atom. The van der Waals surface area contributed by atoms with Gasteiger partial charge >= 0.3 is 5.97 Å². The molecule has 0 amide bonds. The molecule has 5 nitrogen and oxygen atoms in total. The maximum atomic E-state index is 10.8. The number of para-hydroxylation sites is 1. The highest BCUT2D eigenvalue weighted by Gasteiger charge is 2.13. The van der Waals surface area contributed by atoms with E-state index in [1.54, 1.807) is 6.07 Å². The first-order valence-electron chi connectivity index (χ1n) is 6.89. The van der Waals surface area contributed by atoms with Crippen LogP contribution in [0, 0.1) is 17.2 Å². The van der Waals surface area contributed by atoms with Gasteiger partial charge < -0.3 is 10.4 Å². The van der Waals surface area contributed by atoms with Crippen molar-refractivity contribution >= 4 is 22.7 Å². The molecule has 1 atom stereocenters. The maximum Gasteiger partial charge on any atom is 0.303 e. The predicted molar refractivity (Wildman–Crippen MR) is 81.0 cm³/mol. The van der Waals surface area contributed by atoms with Crippen molar-refractivity contribution in [1.82, 2.24) is 4.98 Å². The first-order chi connectivity index (χ1) is 10.1. The van der Waals surface area contributed by atoms with E-state index in [9.17, 15) is 10.1 Å². The van der Waals surface area contributed by atoms with Crippen molar-refractivity contribution < 1.29 is 9.90 Å². The van der Waals surface area contributed by atoms with Gasteiger partial charge in [0.1, 0.15) is 11.9 Å². The van der Waals surface area contributed by atoms with Crippen molar-refractivity contribution in [1.29, 1.82) is 5.26 Å². The summed E-state index contributed by atoms with van der Waals surface area (Å²) >= 11 is 0. The molecule has 1 unspecified atom stereocenters. The van der Waals surface area contributed by atoms with Crippen molar-refractivity contribution in [3.8, 4) is 6.07 Å². The molecule has 0 fully saturated rings. The second-order valence-corrected chi connectivity index (χ2v) is 4.94. The third kappa shape index (κ3) is 3.69. The molecular formula is C16H17N3O2. The average molecular weight is 283 g/mol. The fourth-order valence-corrected chi connectivity index (χ4v) is 2.18. The minimum atomic E-state index is -0.810. The van der Waals surface area contributed by atoms with E-state index in [1.807, 2.05) is 31.2 Å². The molecule has 0 bridgehead atoms. The summed E-state index contributed by atoms with van der Waals surface area (Å²) in [4.78, 5) is 15.2. The maximum absolute atomic E-state index is 10.8. The number of carboxylic acids is 1. The summed E-state index contributed by atoms with van der Waals surface area (Å²) in [5, 5.41) is 22.1. The zero-order chi connectivity index (χ0) is 15.2. The molecule has 0 aliphatic carbocycles. The summed E-state index contributed by atoms with van der Waals surface area (Å²) in [6.45, 7) is 2.44. The lowest BCUT2D eigenvalue weighted by Gasteiger charge is -2.15. The lowest BCUT2D eigenvalue weighted by molar-refractivity contribution is -0.138. The van der Waals surface area contributed by atoms with Crippen LogP contribution in [-0.4, -0.2) is 22.6 Å². The lowest BCUT2D eigenvalue weighted by atomic mass is 10.0. The first-order valence-corrected chi connectivity index (χ1v) is 6.89. The van der Waals surface area contributed by atoms with E-state index in [4.69, 9.17) is 5.11 Å². The van der Waals surface area contributed by atoms with E-state index >= 15 is 0 Å². The molecular weight excluding hydrogens is 266 g/mol. The highest BCUT2D eigenvalue weighted by molar-refractivity contribution is 5.82. The van der Waals surface area contributed by atoms with E-state index < -0.39 is 5.97 Å². The second-order valence-electron chi connectivity index (χ2n) is 4.94. The average Bonchev–Trinajstić information content (AvgIpc) is 2.50. The number of aliphatic carboxylic acids is 1.